The Balaban J connectivity index is 2.46. The van der Waals surface area contributed by atoms with Gasteiger partial charge in [-0.25, -0.2) is 4.39 Å². The first-order valence-electron chi connectivity index (χ1n) is 5.15. The standard InChI is InChI=1S/C11H12BrF4NO/c12-8-3-1-2-7(10(8)13)9(17)4-5-18-6-11(14,15)16/h1-3,9H,4-6,17H2. The molecule has 0 amide bonds. The SMILES string of the molecule is NC(CCOCC(F)(F)F)c1cccc(Br)c1F. The van der Waals surface area contributed by atoms with Crippen molar-refractivity contribution < 1.29 is 22.3 Å². The monoisotopic (exact) mass is 329 g/mol. The van der Waals surface area contributed by atoms with Gasteiger partial charge in [-0.1, -0.05) is 12.1 Å². The number of ether oxygens (including phenoxy) is 1. The Labute approximate surface area is 110 Å². The number of hydrogen-bond donors (Lipinski definition) is 1. The molecular formula is C11H12BrF4NO. The molecule has 0 radical (unpaired) electrons. The van der Waals surface area contributed by atoms with Crippen molar-refractivity contribution in [1.82, 2.24) is 0 Å². The molecule has 0 aliphatic heterocycles. The predicted molar refractivity (Wildman–Crippen MR) is 62.5 cm³/mol. The lowest BCUT2D eigenvalue weighted by molar-refractivity contribution is -0.174. The van der Waals surface area contributed by atoms with E-state index in [9.17, 15) is 17.6 Å². The third kappa shape index (κ3) is 4.91. The van der Waals surface area contributed by atoms with Gasteiger partial charge in [0.25, 0.3) is 0 Å². The molecule has 0 spiro atoms. The fourth-order valence-corrected chi connectivity index (χ4v) is 1.74. The fraction of sp³-hybridized carbons (Fsp3) is 0.455. The smallest absolute Gasteiger partial charge is 0.372 e. The summed E-state index contributed by atoms with van der Waals surface area (Å²) in [5.74, 6) is -0.499. The summed E-state index contributed by atoms with van der Waals surface area (Å²) in [6.07, 6.45) is -4.24. The minimum absolute atomic E-state index is 0.115. The Hall–Kier alpha value is -0.660. The summed E-state index contributed by atoms with van der Waals surface area (Å²) >= 11 is 3.01. The second-order valence-electron chi connectivity index (χ2n) is 3.71. The van der Waals surface area contributed by atoms with Crippen LogP contribution >= 0.6 is 15.9 Å². The van der Waals surface area contributed by atoms with Crippen molar-refractivity contribution in [2.45, 2.75) is 18.6 Å². The molecule has 0 bridgehead atoms. The molecule has 1 aromatic carbocycles. The highest BCUT2D eigenvalue weighted by Crippen LogP contribution is 2.24. The lowest BCUT2D eigenvalue weighted by Gasteiger charge is -2.14. The zero-order valence-corrected chi connectivity index (χ0v) is 10.9. The lowest BCUT2D eigenvalue weighted by Crippen LogP contribution is -2.20. The van der Waals surface area contributed by atoms with Crippen LogP contribution in [0.15, 0.2) is 22.7 Å². The Bertz CT molecular complexity index is 397. The number of nitrogens with two attached hydrogens (primary N) is 1. The van der Waals surface area contributed by atoms with Crippen LogP contribution in [0.2, 0.25) is 0 Å². The van der Waals surface area contributed by atoms with E-state index in [0.29, 0.717) is 0 Å². The van der Waals surface area contributed by atoms with Gasteiger partial charge in [-0.05, 0) is 28.4 Å². The van der Waals surface area contributed by atoms with Gasteiger partial charge < -0.3 is 10.5 Å². The third-order valence-electron chi connectivity index (χ3n) is 2.22. The summed E-state index contributed by atoms with van der Waals surface area (Å²) in [6.45, 7) is -1.49. The van der Waals surface area contributed by atoms with Gasteiger partial charge in [0, 0.05) is 18.2 Å². The molecule has 0 aliphatic rings. The summed E-state index contributed by atoms with van der Waals surface area (Å²) in [5, 5.41) is 0. The molecule has 2 nitrogen and oxygen atoms in total. The van der Waals surface area contributed by atoms with Crippen molar-refractivity contribution in [2.24, 2.45) is 5.73 Å². The highest BCUT2D eigenvalue weighted by molar-refractivity contribution is 9.10. The van der Waals surface area contributed by atoms with Crippen molar-refractivity contribution in [3.63, 3.8) is 0 Å². The summed E-state index contributed by atoms with van der Waals surface area (Å²) in [6, 6.07) is 3.93. The molecule has 0 aliphatic carbocycles. The Morgan fingerprint density at radius 2 is 2.00 bits per heavy atom. The average molecular weight is 330 g/mol. The molecule has 18 heavy (non-hydrogen) atoms. The average Bonchev–Trinajstić information content (AvgIpc) is 2.26. The normalized spacial score (nSPS) is 13.7. The van der Waals surface area contributed by atoms with E-state index in [1.165, 1.54) is 12.1 Å². The molecule has 0 saturated carbocycles. The molecule has 0 aromatic heterocycles. The number of alkyl halides is 3. The van der Waals surface area contributed by atoms with E-state index in [1.54, 1.807) is 6.07 Å². The molecular weight excluding hydrogens is 318 g/mol. The van der Waals surface area contributed by atoms with Crippen molar-refractivity contribution in [1.29, 1.82) is 0 Å². The number of benzene rings is 1. The van der Waals surface area contributed by atoms with Gasteiger partial charge in [0.1, 0.15) is 12.4 Å². The maximum atomic E-state index is 13.6. The summed E-state index contributed by atoms with van der Waals surface area (Å²) < 4.78 is 53.7. The van der Waals surface area contributed by atoms with Crippen LogP contribution < -0.4 is 5.73 Å². The van der Waals surface area contributed by atoms with Crippen molar-refractivity contribution in [2.75, 3.05) is 13.2 Å². The largest absolute Gasteiger partial charge is 0.411 e. The van der Waals surface area contributed by atoms with Gasteiger partial charge in [0.15, 0.2) is 0 Å². The van der Waals surface area contributed by atoms with Gasteiger partial charge in [0.2, 0.25) is 0 Å². The third-order valence-corrected chi connectivity index (χ3v) is 2.83. The van der Waals surface area contributed by atoms with E-state index in [4.69, 9.17) is 5.73 Å². The van der Waals surface area contributed by atoms with Crippen LogP contribution in [0.1, 0.15) is 18.0 Å². The Morgan fingerprint density at radius 3 is 2.61 bits per heavy atom. The van der Waals surface area contributed by atoms with Crippen LogP contribution in [-0.4, -0.2) is 19.4 Å². The van der Waals surface area contributed by atoms with Crippen LogP contribution in [0.5, 0.6) is 0 Å². The fourth-order valence-electron chi connectivity index (χ4n) is 1.36. The van der Waals surface area contributed by atoms with E-state index < -0.39 is 24.6 Å². The first-order chi connectivity index (χ1) is 8.31. The molecule has 2 N–H and O–H groups in total. The van der Waals surface area contributed by atoms with Crippen LogP contribution in [0.25, 0.3) is 0 Å². The van der Waals surface area contributed by atoms with Gasteiger partial charge in [-0.3, -0.25) is 0 Å². The zero-order valence-electron chi connectivity index (χ0n) is 9.31. The topological polar surface area (TPSA) is 35.2 Å². The van der Waals surface area contributed by atoms with Crippen LogP contribution in [0.4, 0.5) is 17.6 Å². The molecule has 0 saturated heterocycles. The van der Waals surface area contributed by atoms with E-state index in [1.807, 2.05) is 0 Å². The molecule has 1 atom stereocenters. The first-order valence-corrected chi connectivity index (χ1v) is 5.94. The van der Waals surface area contributed by atoms with E-state index >= 15 is 0 Å². The summed E-state index contributed by atoms with van der Waals surface area (Å²) in [7, 11) is 0. The van der Waals surface area contributed by atoms with Crippen LogP contribution in [0.3, 0.4) is 0 Å². The van der Waals surface area contributed by atoms with Gasteiger partial charge in [-0.2, -0.15) is 13.2 Å². The highest BCUT2D eigenvalue weighted by atomic mass is 79.9. The maximum Gasteiger partial charge on any atom is 0.411 e. The second kappa shape index (κ2) is 6.49. The molecule has 1 unspecified atom stereocenters. The molecule has 0 fully saturated rings. The lowest BCUT2D eigenvalue weighted by atomic mass is 10.0. The number of halogens is 5. The van der Waals surface area contributed by atoms with Gasteiger partial charge >= 0.3 is 6.18 Å². The highest BCUT2D eigenvalue weighted by Gasteiger charge is 2.27. The Kier molecular flexibility index (Phi) is 5.55. The quantitative estimate of drug-likeness (QED) is 0.662. The second-order valence-corrected chi connectivity index (χ2v) is 4.56. The molecule has 1 rings (SSSR count). The molecule has 7 heteroatoms. The van der Waals surface area contributed by atoms with Gasteiger partial charge in [0.05, 0.1) is 4.47 Å². The minimum atomic E-state index is -4.36. The number of rotatable bonds is 5. The molecule has 0 heterocycles. The van der Waals surface area contributed by atoms with Crippen LogP contribution in [-0.2, 0) is 4.74 Å². The summed E-state index contributed by atoms with van der Waals surface area (Å²) in [5.41, 5.74) is 5.94. The predicted octanol–water partition coefficient (Wildman–Crippen LogP) is 3.56. The summed E-state index contributed by atoms with van der Waals surface area (Å²) in [4.78, 5) is 0. The van der Waals surface area contributed by atoms with Crippen molar-refractivity contribution in [3.8, 4) is 0 Å². The Morgan fingerprint density at radius 1 is 1.33 bits per heavy atom. The van der Waals surface area contributed by atoms with E-state index in [-0.39, 0.29) is 23.1 Å². The van der Waals surface area contributed by atoms with E-state index in [2.05, 4.69) is 20.7 Å². The van der Waals surface area contributed by atoms with E-state index in [0.717, 1.165) is 0 Å². The zero-order chi connectivity index (χ0) is 13.8. The molecule has 1 aromatic rings. The number of hydrogen-bond acceptors (Lipinski definition) is 2. The van der Waals surface area contributed by atoms with Crippen LogP contribution in [0, 0.1) is 5.82 Å². The first kappa shape index (κ1) is 15.4. The van der Waals surface area contributed by atoms with Gasteiger partial charge in [-0.15, -0.1) is 0 Å². The minimum Gasteiger partial charge on any atom is -0.372 e. The maximum absolute atomic E-state index is 13.6. The molecule has 102 valence electrons. The van der Waals surface area contributed by atoms with Crippen molar-refractivity contribution in [3.05, 3.63) is 34.1 Å². The van der Waals surface area contributed by atoms with Crippen molar-refractivity contribution >= 4 is 15.9 Å².